The Bertz CT molecular complexity index is 637. The molecule has 1 N–H and O–H groups in total. The van der Waals surface area contributed by atoms with E-state index in [0.717, 1.165) is 17.7 Å². The van der Waals surface area contributed by atoms with E-state index >= 15 is 0 Å². The van der Waals surface area contributed by atoms with Crippen molar-refractivity contribution >= 4 is 11.7 Å². The molecule has 2 aromatic carbocycles. The van der Waals surface area contributed by atoms with Crippen molar-refractivity contribution in [3.63, 3.8) is 0 Å². The Morgan fingerprint density at radius 2 is 1.86 bits per heavy atom. The summed E-state index contributed by atoms with van der Waals surface area (Å²) in [6, 6.07) is 16.3. The molecule has 0 unspecified atom stereocenters. The summed E-state index contributed by atoms with van der Waals surface area (Å²) in [5, 5.41) is 3.01. The van der Waals surface area contributed by atoms with Crippen LogP contribution in [0.25, 0.3) is 0 Å². The van der Waals surface area contributed by atoms with E-state index in [9.17, 15) is 4.79 Å². The number of amides is 2. The van der Waals surface area contributed by atoms with Gasteiger partial charge in [0.2, 0.25) is 0 Å². The summed E-state index contributed by atoms with van der Waals surface area (Å²) in [4.78, 5) is 14.1. The molecule has 0 heterocycles. The molecular formula is C19H24N2O. The summed E-state index contributed by atoms with van der Waals surface area (Å²) in [6.07, 6.45) is 0.851. The van der Waals surface area contributed by atoms with Crippen LogP contribution in [0.15, 0.2) is 48.5 Å². The molecule has 0 fully saturated rings. The minimum atomic E-state index is -0.0401. The number of carbonyl (C=O) groups excluding carboxylic acids is 1. The van der Waals surface area contributed by atoms with Crippen LogP contribution in [0.1, 0.15) is 23.6 Å². The van der Waals surface area contributed by atoms with Crippen molar-refractivity contribution in [3.05, 3.63) is 65.2 Å². The van der Waals surface area contributed by atoms with Gasteiger partial charge >= 0.3 is 6.03 Å². The lowest BCUT2D eigenvalue weighted by molar-refractivity contribution is 0.246. The zero-order chi connectivity index (χ0) is 15.9. The number of anilines is 1. The van der Waals surface area contributed by atoms with Gasteiger partial charge in [-0.3, -0.25) is 4.90 Å². The van der Waals surface area contributed by atoms with Gasteiger partial charge in [-0.2, -0.15) is 0 Å². The third kappa shape index (κ3) is 4.10. The van der Waals surface area contributed by atoms with Crippen LogP contribution in [0.2, 0.25) is 0 Å². The molecule has 0 saturated carbocycles. The standard InChI is InChI=1S/C19H24N2O/c1-4-21(18-11-7-8-15(2)14-18)19(22)20-13-12-17-10-6-5-9-16(17)3/h5-11,14H,4,12-13H2,1-3H3,(H,20,22). The predicted octanol–water partition coefficient (Wildman–Crippen LogP) is 4.08. The maximum atomic E-state index is 12.4. The highest BCUT2D eigenvalue weighted by Crippen LogP contribution is 2.15. The molecule has 0 aliphatic heterocycles. The highest BCUT2D eigenvalue weighted by molar-refractivity contribution is 5.91. The first-order chi connectivity index (χ1) is 10.6. The fourth-order valence-corrected chi connectivity index (χ4v) is 2.53. The Hall–Kier alpha value is -2.29. The number of rotatable bonds is 5. The van der Waals surface area contributed by atoms with Crippen LogP contribution in [-0.4, -0.2) is 19.1 Å². The summed E-state index contributed by atoms with van der Waals surface area (Å²) < 4.78 is 0. The number of aryl methyl sites for hydroxylation is 2. The SMILES string of the molecule is CCN(C(=O)NCCc1ccccc1C)c1cccc(C)c1. The van der Waals surface area contributed by atoms with Crippen molar-refractivity contribution in [1.29, 1.82) is 0 Å². The minimum absolute atomic E-state index is 0.0401. The van der Waals surface area contributed by atoms with Gasteiger partial charge in [0.1, 0.15) is 0 Å². The van der Waals surface area contributed by atoms with Crippen LogP contribution in [0.5, 0.6) is 0 Å². The molecule has 0 aromatic heterocycles. The number of nitrogens with zero attached hydrogens (tertiary/aromatic N) is 1. The predicted molar refractivity (Wildman–Crippen MR) is 92.5 cm³/mol. The van der Waals surface area contributed by atoms with Crippen LogP contribution in [0, 0.1) is 13.8 Å². The van der Waals surface area contributed by atoms with Crippen molar-refractivity contribution in [2.45, 2.75) is 27.2 Å². The van der Waals surface area contributed by atoms with Gasteiger partial charge in [0.15, 0.2) is 0 Å². The zero-order valence-electron chi connectivity index (χ0n) is 13.6. The average Bonchev–Trinajstić information content (AvgIpc) is 2.50. The fraction of sp³-hybridized carbons (Fsp3) is 0.316. The Morgan fingerprint density at radius 1 is 1.09 bits per heavy atom. The Labute approximate surface area is 133 Å². The van der Waals surface area contributed by atoms with Crippen LogP contribution >= 0.6 is 0 Å². The highest BCUT2D eigenvalue weighted by Gasteiger charge is 2.13. The maximum Gasteiger partial charge on any atom is 0.321 e. The Kier molecular flexibility index (Phi) is 5.59. The number of nitrogens with one attached hydrogen (secondary N) is 1. The lowest BCUT2D eigenvalue weighted by Gasteiger charge is -2.22. The van der Waals surface area contributed by atoms with E-state index in [4.69, 9.17) is 0 Å². The number of carbonyl (C=O) groups is 1. The highest BCUT2D eigenvalue weighted by atomic mass is 16.2. The molecule has 2 aromatic rings. The van der Waals surface area contributed by atoms with Crippen LogP contribution in [0.3, 0.4) is 0 Å². The summed E-state index contributed by atoms with van der Waals surface area (Å²) in [6.45, 7) is 7.42. The molecule has 0 atom stereocenters. The molecule has 116 valence electrons. The second kappa shape index (κ2) is 7.64. The Balaban J connectivity index is 1.94. The molecule has 0 spiro atoms. The molecule has 0 aliphatic carbocycles. The van der Waals surface area contributed by atoms with Gasteiger partial charge in [0, 0.05) is 18.8 Å². The summed E-state index contributed by atoms with van der Waals surface area (Å²) in [5.41, 5.74) is 4.64. The topological polar surface area (TPSA) is 32.3 Å². The second-order valence-corrected chi connectivity index (χ2v) is 5.49. The molecule has 0 bridgehead atoms. The van der Waals surface area contributed by atoms with Crippen LogP contribution < -0.4 is 10.2 Å². The fourth-order valence-electron chi connectivity index (χ4n) is 2.53. The van der Waals surface area contributed by atoms with Gasteiger partial charge in [-0.15, -0.1) is 0 Å². The van der Waals surface area contributed by atoms with E-state index in [0.29, 0.717) is 13.1 Å². The first-order valence-electron chi connectivity index (χ1n) is 7.78. The van der Waals surface area contributed by atoms with Crippen molar-refractivity contribution in [2.75, 3.05) is 18.0 Å². The van der Waals surface area contributed by atoms with Gasteiger partial charge in [0.25, 0.3) is 0 Å². The van der Waals surface area contributed by atoms with Crippen LogP contribution in [-0.2, 0) is 6.42 Å². The van der Waals surface area contributed by atoms with Gasteiger partial charge < -0.3 is 5.32 Å². The summed E-state index contributed by atoms with van der Waals surface area (Å²) in [5.74, 6) is 0. The third-order valence-corrected chi connectivity index (χ3v) is 3.81. The van der Waals surface area contributed by atoms with Crippen molar-refractivity contribution in [2.24, 2.45) is 0 Å². The molecule has 2 amide bonds. The molecule has 0 radical (unpaired) electrons. The molecular weight excluding hydrogens is 272 g/mol. The Morgan fingerprint density at radius 3 is 2.55 bits per heavy atom. The normalized spacial score (nSPS) is 10.3. The van der Waals surface area contributed by atoms with Crippen molar-refractivity contribution in [1.82, 2.24) is 5.32 Å². The van der Waals surface area contributed by atoms with E-state index in [2.05, 4.69) is 24.4 Å². The molecule has 0 saturated heterocycles. The first kappa shape index (κ1) is 16.1. The van der Waals surface area contributed by atoms with Gasteiger partial charge in [-0.1, -0.05) is 36.4 Å². The third-order valence-electron chi connectivity index (χ3n) is 3.81. The minimum Gasteiger partial charge on any atom is -0.337 e. The average molecular weight is 296 g/mol. The van der Waals surface area contributed by atoms with Crippen molar-refractivity contribution < 1.29 is 4.79 Å². The maximum absolute atomic E-state index is 12.4. The molecule has 22 heavy (non-hydrogen) atoms. The lowest BCUT2D eigenvalue weighted by atomic mass is 10.1. The number of hydrogen-bond donors (Lipinski definition) is 1. The van der Waals surface area contributed by atoms with E-state index in [1.54, 1.807) is 4.90 Å². The van der Waals surface area contributed by atoms with E-state index in [-0.39, 0.29) is 6.03 Å². The first-order valence-corrected chi connectivity index (χ1v) is 7.78. The molecule has 0 aliphatic rings. The van der Waals surface area contributed by atoms with E-state index in [1.807, 2.05) is 50.2 Å². The molecule has 3 nitrogen and oxygen atoms in total. The number of urea groups is 1. The monoisotopic (exact) mass is 296 g/mol. The smallest absolute Gasteiger partial charge is 0.321 e. The van der Waals surface area contributed by atoms with Gasteiger partial charge in [-0.05, 0) is 56.0 Å². The number of hydrogen-bond acceptors (Lipinski definition) is 1. The van der Waals surface area contributed by atoms with Crippen molar-refractivity contribution in [3.8, 4) is 0 Å². The number of benzene rings is 2. The van der Waals surface area contributed by atoms with Gasteiger partial charge in [-0.25, -0.2) is 4.79 Å². The zero-order valence-corrected chi connectivity index (χ0v) is 13.6. The lowest BCUT2D eigenvalue weighted by Crippen LogP contribution is -2.40. The molecule has 2 rings (SSSR count). The van der Waals surface area contributed by atoms with E-state index in [1.165, 1.54) is 11.1 Å². The van der Waals surface area contributed by atoms with Crippen LogP contribution in [0.4, 0.5) is 10.5 Å². The molecule has 3 heteroatoms. The largest absolute Gasteiger partial charge is 0.337 e. The van der Waals surface area contributed by atoms with Gasteiger partial charge in [0.05, 0.1) is 0 Å². The quantitative estimate of drug-likeness (QED) is 0.886. The van der Waals surface area contributed by atoms with E-state index < -0.39 is 0 Å². The second-order valence-electron chi connectivity index (χ2n) is 5.49. The summed E-state index contributed by atoms with van der Waals surface area (Å²) >= 11 is 0. The summed E-state index contributed by atoms with van der Waals surface area (Å²) in [7, 11) is 0.